The molecule has 0 aliphatic rings. The molecule has 0 spiro atoms. The van der Waals surface area contributed by atoms with Gasteiger partial charge in [-0.2, -0.15) is 0 Å². The number of pyridine rings is 1. The quantitative estimate of drug-likeness (QED) is 0.572. The molecule has 1 heterocycles. The number of carbonyl (C=O) groups is 2. The third-order valence-corrected chi connectivity index (χ3v) is 5.01. The number of nitrogens with zero attached hydrogens (tertiary/aromatic N) is 2. The van der Waals surface area contributed by atoms with Crippen molar-refractivity contribution in [3.63, 3.8) is 0 Å². The molecule has 0 saturated heterocycles. The Morgan fingerprint density at radius 3 is 2.32 bits per heavy atom. The normalized spacial score (nSPS) is 11.5. The number of hydrogen-bond donors (Lipinski definition) is 1. The highest BCUT2D eigenvalue weighted by molar-refractivity contribution is 5.87. The van der Waals surface area contributed by atoms with Gasteiger partial charge < -0.3 is 10.2 Å². The molecule has 0 unspecified atom stereocenters. The first-order valence-electron chi connectivity index (χ1n) is 10.3. The zero-order chi connectivity index (χ0) is 22.1. The molecule has 160 valence electrons. The molecule has 3 rings (SSSR count). The molecule has 3 aromatic rings. The maximum absolute atomic E-state index is 13.3. The standard InChI is InChI=1S/C25H26FN3O2/c1-2-24(30)29(18-20-11-13-21(26)14-12-20)23(16-19-8-4-3-5-9-19)25(31)28-17-22-10-6-7-15-27-22/h3-15,23H,2,16-18H2,1H3,(H,28,31)/t23-/m0/s1. The third kappa shape index (κ3) is 6.47. The Balaban J connectivity index is 1.85. The summed E-state index contributed by atoms with van der Waals surface area (Å²) < 4.78 is 13.3. The first kappa shape index (κ1) is 22.2. The van der Waals surface area contributed by atoms with Crippen LogP contribution in [0.3, 0.4) is 0 Å². The predicted molar refractivity (Wildman–Crippen MR) is 117 cm³/mol. The Bertz CT molecular complexity index is 979. The molecular formula is C25H26FN3O2. The van der Waals surface area contributed by atoms with Crippen LogP contribution >= 0.6 is 0 Å². The summed E-state index contributed by atoms with van der Waals surface area (Å²) in [5, 5.41) is 2.92. The van der Waals surface area contributed by atoms with Crippen molar-refractivity contribution in [3.05, 3.63) is 102 Å². The van der Waals surface area contributed by atoms with Gasteiger partial charge in [-0.05, 0) is 35.4 Å². The maximum Gasteiger partial charge on any atom is 0.243 e. The number of amides is 2. The molecule has 1 N–H and O–H groups in total. The second-order valence-electron chi connectivity index (χ2n) is 7.25. The fourth-order valence-electron chi connectivity index (χ4n) is 3.34. The molecule has 1 atom stereocenters. The molecular weight excluding hydrogens is 393 g/mol. The number of carbonyl (C=O) groups excluding carboxylic acids is 2. The van der Waals surface area contributed by atoms with Gasteiger partial charge in [-0.15, -0.1) is 0 Å². The average Bonchev–Trinajstić information content (AvgIpc) is 2.82. The molecule has 2 amide bonds. The Hall–Kier alpha value is -3.54. The van der Waals surface area contributed by atoms with Crippen LogP contribution in [0.5, 0.6) is 0 Å². The van der Waals surface area contributed by atoms with E-state index in [0.29, 0.717) is 6.42 Å². The predicted octanol–water partition coefficient (Wildman–Crippen LogP) is 3.89. The van der Waals surface area contributed by atoms with Crippen LogP contribution in [-0.4, -0.2) is 27.7 Å². The highest BCUT2D eigenvalue weighted by Crippen LogP contribution is 2.16. The van der Waals surface area contributed by atoms with E-state index >= 15 is 0 Å². The van der Waals surface area contributed by atoms with Gasteiger partial charge in [-0.3, -0.25) is 14.6 Å². The molecule has 0 bridgehead atoms. The minimum atomic E-state index is -0.705. The largest absolute Gasteiger partial charge is 0.349 e. The Morgan fingerprint density at radius 1 is 0.968 bits per heavy atom. The molecule has 0 fully saturated rings. The number of aromatic nitrogens is 1. The first-order chi connectivity index (χ1) is 15.1. The lowest BCUT2D eigenvalue weighted by atomic mass is 10.0. The minimum Gasteiger partial charge on any atom is -0.349 e. The highest BCUT2D eigenvalue weighted by atomic mass is 19.1. The van der Waals surface area contributed by atoms with Crippen LogP contribution in [0.2, 0.25) is 0 Å². The summed E-state index contributed by atoms with van der Waals surface area (Å²) in [6.45, 7) is 2.27. The monoisotopic (exact) mass is 419 g/mol. The molecule has 2 aromatic carbocycles. The lowest BCUT2D eigenvalue weighted by Gasteiger charge is -2.31. The van der Waals surface area contributed by atoms with Crippen LogP contribution in [0.25, 0.3) is 0 Å². The molecule has 0 saturated carbocycles. The zero-order valence-electron chi connectivity index (χ0n) is 17.5. The minimum absolute atomic E-state index is 0.141. The molecule has 0 aliphatic carbocycles. The van der Waals surface area contributed by atoms with Gasteiger partial charge in [-0.25, -0.2) is 4.39 Å². The Kier molecular flexibility index (Phi) is 7.87. The van der Waals surface area contributed by atoms with E-state index in [1.807, 2.05) is 48.5 Å². The van der Waals surface area contributed by atoms with Gasteiger partial charge in [0.15, 0.2) is 0 Å². The van der Waals surface area contributed by atoms with Crippen molar-refractivity contribution in [2.75, 3.05) is 0 Å². The number of halogens is 1. The fraction of sp³-hybridized carbons (Fsp3) is 0.240. The molecule has 1 aromatic heterocycles. The van der Waals surface area contributed by atoms with Crippen molar-refractivity contribution in [1.29, 1.82) is 0 Å². The van der Waals surface area contributed by atoms with Crippen LogP contribution in [0.1, 0.15) is 30.2 Å². The van der Waals surface area contributed by atoms with Gasteiger partial charge in [0.05, 0.1) is 12.2 Å². The second kappa shape index (κ2) is 11.0. The SMILES string of the molecule is CCC(=O)N(Cc1ccc(F)cc1)[C@@H](Cc1ccccc1)C(=O)NCc1ccccn1. The summed E-state index contributed by atoms with van der Waals surface area (Å²) >= 11 is 0. The van der Waals surface area contributed by atoms with Crippen molar-refractivity contribution < 1.29 is 14.0 Å². The Morgan fingerprint density at radius 2 is 1.68 bits per heavy atom. The zero-order valence-corrected chi connectivity index (χ0v) is 17.5. The second-order valence-corrected chi connectivity index (χ2v) is 7.25. The van der Waals surface area contributed by atoms with Crippen molar-refractivity contribution in [2.45, 2.75) is 38.9 Å². The van der Waals surface area contributed by atoms with E-state index in [0.717, 1.165) is 16.8 Å². The number of benzene rings is 2. The fourth-order valence-corrected chi connectivity index (χ4v) is 3.34. The number of nitrogens with one attached hydrogen (secondary N) is 1. The van der Waals surface area contributed by atoms with E-state index in [-0.39, 0.29) is 37.1 Å². The third-order valence-electron chi connectivity index (χ3n) is 5.01. The summed E-state index contributed by atoms with van der Waals surface area (Å²) in [5.74, 6) is -0.734. The summed E-state index contributed by atoms with van der Waals surface area (Å²) in [4.78, 5) is 31.9. The van der Waals surface area contributed by atoms with E-state index in [2.05, 4.69) is 10.3 Å². The number of rotatable bonds is 9. The van der Waals surface area contributed by atoms with Crippen molar-refractivity contribution in [2.24, 2.45) is 0 Å². The van der Waals surface area contributed by atoms with Crippen molar-refractivity contribution in [1.82, 2.24) is 15.2 Å². The lowest BCUT2D eigenvalue weighted by molar-refractivity contribution is -0.141. The number of hydrogen-bond acceptors (Lipinski definition) is 3. The Labute approximate surface area is 181 Å². The van der Waals surface area contributed by atoms with Crippen LogP contribution in [0.15, 0.2) is 79.0 Å². The molecule has 0 aliphatic heterocycles. The molecule has 31 heavy (non-hydrogen) atoms. The summed E-state index contributed by atoms with van der Waals surface area (Å²) in [5.41, 5.74) is 2.45. The van der Waals surface area contributed by atoms with E-state index in [1.54, 1.807) is 30.2 Å². The van der Waals surface area contributed by atoms with Gasteiger partial charge >= 0.3 is 0 Å². The van der Waals surface area contributed by atoms with Gasteiger partial charge in [0.25, 0.3) is 0 Å². The highest BCUT2D eigenvalue weighted by Gasteiger charge is 2.29. The topological polar surface area (TPSA) is 62.3 Å². The molecule has 5 nitrogen and oxygen atoms in total. The first-order valence-corrected chi connectivity index (χ1v) is 10.3. The maximum atomic E-state index is 13.3. The van der Waals surface area contributed by atoms with Crippen molar-refractivity contribution >= 4 is 11.8 Å². The molecule has 0 radical (unpaired) electrons. The summed E-state index contributed by atoms with van der Waals surface area (Å²) in [6, 6.07) is 20.4. The summed E-state index contributed by atoms with van der Waals surface area (Å²) in [7, 11) is 0. The van der Waals surface area contributed by atoms with E-state index in [1.165, 1.54) is 12.1 Å². The molecule has 6 heteroatoms. The van der Waals surface area contributed by atoms with Crippen LogP contribution in [0, 0.1) is 5.82 Å². The van der Waals surface area contributed by atoms with Crippen molar-refractivity contribution in [3.8, 4) is 0 Å². The van der Waals surface area contributed by atoms with E-state index in [4.69, 9.17) is 0 Å². The van der Waals surface area contributed by atoms with Gasteiger partial charge in [0.1, 0.15) is 11.9 Å². The van der Waals surface area contributed by atoms with Gasteiger partial charge in [0, 0.05) is 25.6 Å². The van der Waals surface area contributed by atoms with E-state index in [9.17, 15) is 14.0 Å². The van der Waals surface area contributed by atoms with Crippen LogP contribution < -0.4 is 5.32 Å². The summed E-state index contributed by atoms with van der Waals surface area (Å²) in [6.07, 6.45) is 2.31. The average molecular weight is 420 g/mol. The van der Waals surface area contributed by atoms with Gasteiger partial charge in [0.2, 0.25) is 11.8 Å². The van der Waals surface area contributed by atoms with Crippen LogP contribution in [-0.2, 0) is 29.1 Å². The lowest BCUT2D eigenvalue weighted by Crippen LogP contribution is -2.50. The smallest absolute Gasteiger partial charge is 0.243 e. The van der Waals surface area contributed by atoms with Gasteiger partial charge in [-0.1, -0.05) is 55.5 Å². The van der Waals surface area contributed by atoms with Crippen LogP contribution in [0.4, 0.5) is 4.39 Å². The van der Waals surface area contributed by atoms with E-state index < -0.39 is 6.04 Å².